The Morgan fingerprint density at radius 2 is 1.76 bits per heavy atom. The molecule has 0 aromatic heterocycles. The highest BCUT2D eigenvalue weighted by atomic mass is 16.5. The topological polar surface area (TPSA) is 33.9 Å². The van der Waals surface area contributed by atoms with Crippen molar-refractivity contribution in [1.82, 2.24) is 0 Å². The van der Waals surface area contributed by atoms with Crippen LogP contribution in [-0.2, 0) is 4.74 Å². The molecule has 0 amide bonds. The summed E-state index contributed by atoms with van der Waals surface area (Å²) in [5, 5.41) is 9.99. The van der Waals surface area contributed by atoms with Crippen LogP contribution in [0.4, 0.5) is 0 Å². The molecule has 0 saturated carbocycles. The van der Waals surface area contributed by atoms with Gasteiger partial charge in [-0.15, -0.1) is 0 Å². The third-order valence-electron chi connectivity index (χ3n) is 3.31. The maximum absolute atomic E-state index is 9.99. The molecule has 0 unspecified atom stereocenters. The number of hydrogen-bond acceptors (Lipinski definition) is 2. The van der Waals surface area contributed by atoms with E-state index in [-0.39, 0.29) is 11.7 Å². The smallest absolute Gasteiger partial charge is 0.126 e. The first-order valence-corrected chi connectivity index (χ1v) is 6.92. The van der Waals surface area contributed by atoms with Gasteiger partial charge in [0.05, 0.1) is 25.3 Å². The summed E-state index contributed by atoms with van der Waals surface area (Å²) in [5.41, 5.74) is -0.154. The normalized spacial score (nSPS) is 32.5. The SMILES string of the molecule is C[C@@H]1C[C@@H](C)C[NH+](C[C@H](O)COC(C)(C)C)C1. The zero-order chi connectivity index (χ0) is 13.1. The van der Waals surface area contributed by atoms with Crippen molar-refractivity contribution >= 4 is 0 Å². The van der Waals surface area contributed by atoms with Gasteiger partial charge < -0.3 is 14.7 Å². The molecule has 2 N–H and O–H groups in total. The minimum Gasteiger partial charge on any atom is -0.385 e. The third-order valence-corrected chi connectivity index (χ3v) is 3.31. The molecule has 0 spiro atoms. The van der Waals surface area contributed by atoms with Crippen LogP contribution in [0.15, 0.2) is 0 Å². The van der Waals surface area contributed by atoms with E-state index in [0.29, 0.717) is 6.61 Å². The van der Waals surface area contributed by atoms with Gasteiger partial charge in [-0.2, -0.15) is 0 Å². The number of hydrogen-bond donors (Lipinski definition) is 2. The van der Waals surface area contributed by atoms with Crippen LogP contribution >= 0.6 is 0 Å². The van der Waals surface area contributed by atoms with Crippen molar-refractivity contribution in [2.45, 2.75) is 52.7 Å². The molecule has 3 atom stereocenters. The first-order chi connectivity index (χ1) is 7.76. The molecule has 0 bridgehead atoms. The first-order valence-electron chi connectivity index (χ1n) is 6.92. The highest BCUT2D eigenvalue weighted by Crippen LogP contribution is 2.12. The summed E-state index contributed by atoms with van der Waals surface area (Å²) < 4.78 is 5.62. The van der Waals surface area contributed by atoms with Crippen molar-refractivity contribution in [3.8, 4) is 0 Å². The lowest BCUT2D eigenvalue weighted by Crippen LogP contribution is -3.15. The number of ether oxygens (including phenoxy) is 1. The van der Waals surface area contributed by atoms with Gasteiger partial charge in [-0.1, -0.05) is 13.8 Å². The molecule has 1 aliphatic rings. The Morgan fingerprint density at radius 3 is 2.24 bits per heavy atom. The Balaban J connectivity index is 2.28. The molecule has 102 valence electrons. The van der Waals surface area contributed by atoms with Gasteiger partial charge in [-0.3, -0.25) is 0 Å². The van der Waals surface area contributed by atoms with Gasteiger partial charge in [0.2, 0.25) is 0 Å². The number of likely N-dealkylation sites (tertiary alicyclic amines) is 1. The van der Waals surface area contributed by atoms with Gasteiger partial charge in [0, 0.05) is 11.8 Å². The van der Waals surface area contributed by atoms with Crippen molar-refractivity contribution in [3.63, 3.8) is 0 Å². The zero-order valence-corrected chi connectivity index (χ0v) is 12.1. The molecule has 1 heterocycles. The summed E-state index contributed by atoms with van der Waals surface area (Å²) in [6.45, 7) is 14.4. The van der Waals surface area contributed by atoms with Crippen LogP contribution in [0.5, 0.6) is 0 Å². The van der Waals surface area contributed by atoms with Gasteiger partial charge in [-0.25, -0.2) is 0 Å². The average Bonchev–Trinajstić information content (AvgIpc) is 2.11. The minimum absolute atomic E-state index is 0.154. The lowest BCUT2D eigenvalue weighted by Gasteiger charge is -2.33. The molecule has 3 heteroatoms. The second kappa shape index (κ2) is 6.17. The second-order valence-corrected chi connectivity index (χ2v) is 6.89. The molecule has 1 saturated heterocycles. The van der Waals surface area contributed by atoms with Crippen molar-refractivity contribution in [1.29, 1.82) is 0 Å². The molecule has 0 aromatic carbocycles. The highest BCUT2D eigenvalue weighted by molar-refractivity contribution is 4.65. The summed E-state index contributed by atoms with van der Waals surface area (Å²) in [6.07, 6.45) is 1.000. The summed E-state index contributed by atoms with van der Waals surface area (Å²) in [6, 6.07) is 0. The quantitative estimate of drug-likeness (QED) is 0.764. The van der Waals surface area contributed by atoms with Gasteiger partial charge in [-0.05, 0) is 27.2 Å². The third kappa shape index (κ3) is 6.39. The fourth-order valence-corrected chi connectivity index (χ4v) is 2.83. The van der Waals surface area contributed by atoms with Crippen LogP contribution in [0, 0.1) is 11.8 Å². The van der Waals surface area contributed by atoms with Crippen LogP contribution in [0.1, 0.15) is 41.0 Å². The average molecular weight is 244 g/mol. The number of quaternary nitrogens is 1. The van der Waals surface area contributed by atoms with E-state index in [4.69, 9.17) is 4.74 Å². The van der Waals surface area contributed by atoms with Gasteiger partial charge in [0.25, 0.3) is 0 Å². The number of aliphatic hydroxyl groups is 1. The van der Waals surface area contributed by atoms with Crippen molar-refractivity contribution < 1.29 is 14.7 Å². The predicted molar refractivity (Wildman–Crippen MR) is 70.2 cm³/mol. The number of aliphatic hydroxyl groups excluding tert-OH is 1. The van der Waals surface area contributed by atoms with E-state index in [0.717, 1.165) is 18.4 Å². The molecule has 0 aromatic rings. The molecule has 0 radical (unpaired) electrons. The number of nitrogens with one attached hydrogen (secondary N) is 1. The lowest BCUT2D eigenvalue weighted by molar-refractivity contribution is -0.915. The molecular weight excluding hydrogens is 214 g/mol. The molecule has 1 fully saturated rings. The fourth-order valence-electron chi connectivity index (χ4n) is 2.83. The van der Waals surface area contributed by atoms with E-state index in [1.807, 2.05) is 20.8 Å². The molecule has 0 aliphatic carbocycles. The Kier molecular flexibility index (Phi) is 5.42. The summed E-state index contributed by atoms with van der Waals surface area (Å²) in [7, 11) is 0. The number of rotatable bonds is 4. The summed E-state index contributed by atoms with van der Waals surface area (Å²) in [5.74, 6) is 1.56. The van der Waals surface area contributed by atoms with Crippen molar-refractivity contribution in [2.75, 3.05) is 26.2 Å². The Bertz CT molecular complexity index is 215. The zero-order valence-electron chi connectivity index (χ0n) is 12.1. The monoisotopic (exact) mass is 244 g/mol. The number of piperidine rings is 1. The molecule has 17 heavy (non-hydrogen) atoms. The second-order valence-electron chi connectivity index (χ2n) is 6.89. The standard InChI is InChI=1S/C14H29NO2/c1-11-6-12(2)8-15(7-11)9-13(16)10-17-14(3,4)5/h11-13,16H,6-10H2,1-5H3/p+1/t11-,12-,13+/m1/s1. The minimum atomic E-state index is -0.332. The molecule has 3 nitrogen and oxygen atoms in total. The Morgan fingerprint density at radius 1 is 1.24 bits per heavy atom. The van der Waals surface area contributed by atoms with Gasteiger partial charge in [0.15, 0.2) is 0 Å². The summed E-state index contributed by atoms with van der Waals surface area (Å²) >= 11 is 0. The maximum atomic E-state index is 9.99. The van der Waals surface area contributed by atoms with Crippen molar-refractivity contribution in [2.24, 2.45) is 11.8 Å². The summed E-state index contributed by atoms with van der Waals surface area (Å²) in [4.78, 5) is 1.53. The fraction of sp³-hybridized carbons (Fsp3) is 1.00. The van der Waals surface area contributed by atoms with Crippen LogP contribution in [0.2, 0.25) is 0 Å². The van der Waals surface area contributed by atoms with E-state index in [1.54, 1.807) is 0 Å². The van der Waals surface area contributed by atoms with Gasteiger partial charge >= 0.3 is 0 Å². The van der Waals surface area contributed by atoms with E-state index in [1.165, 1.54) is 24.4 Å². The molecular formula is C14H30NO2+. The van der Waals surface area contributed by atoms with Crippen LogP contribution in [-0.4, -0.2) is 43.1 Å². The highest BCUT2D eigenvalue weighted by Gasteiger charge is 2.27. The predicted octanol–water partition coefficient (Wildman–Crippen LogP) is 0.723. The van der Waals surface area contributed by atoms with E-state index in [2.05, 4.69) is 13.8 Å². The van der Waals surface area contributed by atoms with Gasteiger partial charge in [0.1, 0.15) is 12.6 Å². The van der Waals surface area contributed by atoms with E-state index >= 15 is 0 Å². The Labute approximate surface area is 106 Å². The Hall–Kier alpha value is -0.120. The maximum Gasteiger partial charge on any atom is 0.126 e. The molecule has 1 aliphatic heterocycles. The van der Waals surface area contributed by atoms with Crippen LogP contribution in [0.25, 0.3) is 0 Å². The van der Waals surface area contributed by atoms with E-state index in [9.17, 15) is 5.11 Å². The largest absolute Gasteiger partial charge is 0.385 e. The van der Waals surface area contributed by atoms with E-state index < -0.39 is 0 Å². The lowest BCUT2D eigenvalue weighted by atomic mass is 9.92. The molecule has 1 rings (SSSR count). The van der Waals surface area contributed by atoms with Crippen LogP contribution in [0.3, 0.4) is 0 Å². The van der Waals surface area contributed by atoms with Crippen molar-refractivity contribution in [3.05, 3.63) is 0 Å². The van der Waals surface area contributed by atoms with Crippen LogP contribution < -0.4 is 4.90 Å². The first kappa shape index (κ1) is 14.9.